The molecule has 0 aromatic heterocycles. The molecule has 0 fully saturated rings. The van der Waals surface area contributed by atoms with Gasteiger partial charge in [0.25, 0.3) is 0 Å². The van der Waals surface area contributed by atoms with Crippen molar-refractivity contribution >= 4 is 16.0 Å². The Balaban J connectivity index is 2.00. The first-order chi connectivity index (χ1) is 15.7. The Morgan fingerprint density at radius 2 is 1.70 bits per heavy atom. The highest BCUT2D eigenvalue weighted by atomic mass is 32.2. The van der Waals surface area contributed by atoms with Crippen molar-refractivity contribution in [2.24, 2.45) is 0 Å². The number of nitrogens with zero attached hydrogens (tertiary/aromatic N) is 1. The van der Waals surface area contributed by atoms with Crippen LogP contribution >= 0.6 is 0 Å². The van der Waals surface area contributed by atoms with Gasteiger partial charge in [-0.25, -0.2) is 22.0 Å². The number of rotatable bonds is 5. The summed E-state index contributed by atoms with van der Waals surface area (Å²) in [6, 6.07) is 14.6. The third-order valence-corrected chi connectivity index (χ3v) is 7.58. The third-order valence-electron chi connectivity index (χ3n) is 5.69. The van der Waals surface area contributed by atoms with Gasteiger partial charge in [-0.05, 0) is 49.2 Å². The first-order valence-corrected chi connectivity index (χ1v) is 11.7. The Bertz CT molecular complexity index is 1340. The van der Waals surface area contributed by atoms with Gasteiger partial charge in [-0.1, -0.05) is 54.1 Å². The van der Waals surface area contributed by atoms with Gasteiger partial charge >= 0.3 is 5.97 Å². The van der Waals surface area contributed by atoms with E-state index in [1.165, 1.54) is 54.6 Å². The average molecular weight is 470 g/mol. The summed E-state index contributed by atoms with van der Waals surface area (Å²) in [7, 11) is -4.33. The molecule has 4 rings (SSSR count). The summed E-state index contributed by atoms with van der Waals surface area (Å²) in [6.45, 7) is 1.81. The maximum atomic E-state index is 14.8. The molecular weight excluding hydrogens is 448 g/mol. The van der Waals surface area contributed by atoms with E-state index in [-0.39, 0.29) is 28.0 Å². The van der Waals surface area contributed by atoms with Gasteiger partial charge in [0.05, 0.1) is 22.6 Å². The maximum absolute atomic E-state index is 14.8. The zero-order valence-electron chi connectivity index (χ0n) is 17.7. The van der Waals surface area contributed by atoms with E-state index in [9.17, 15) is 27.1 Å². The maximum Gasteiger partial charge on any atom is 0.333 e. The van der Waals surface area contributed by atoms with Crippen LogP contribution in [0.1, 0.15) is 35.2 Å². The molecule has 5 nitrogen and oxygen atoms in total. The highest BCUT2D eigenvalue weighted by Crippen LogP contribution is 2.46. The fourth-order valence-corrected chi connectivity index (χ4v) is 5.90. The van der Waals surface area contributed by atoms with E-state index in [2.05, 4.69) is 0 Å². The molecule has 0 aliphatic carbocycles. The Morgan fingerprint density at radius 1 is 1.00 bits per heavy atom. The van der Waals surface area contributed by atoms with Gasteiger partial charge in [0.2, 0.25) is 10.0 Å². The lowest BCUT2D eigenvalue weighted by atomic mass is 9.89. The van der Waals surface area contributed by atoms with Crippen LogP contribution in [-0.4, -0.2) is 23.8 Å². The second-order valence-electron chi connectivity index (χ2n) is 7.84. The Morgan fingerprint density at radius 3 is 2.33 bits per heavy atom. The predicted octanol–water partition coefficient (Wildman–Crippen LogP) is 5.16. The summed E-state index contributed by atoms with van der Waals surface area (Å²) >= 11 is 0. The molecule has 1 N–H and O–H groups in total. The lowest BCUT2D eigenvalue weighted by molar-refractivity contribution is -0.133. The quantitative estimate of drug-likeness (QED) is 0.560. The fourth-order valence-electron chi connectivity index (χ4n) is 4.13. The Kier molecular flexibility index (Phi) is 6.14. The first-order valence-electron chi connectivity index (χ1n) is 10.2. The standard InChI is InChI=1S/C25H21F2NO4S/c1-16-9-11-19(12-10-16)33(31,32)28-23(20-7-2-3-8-22(20)27)14-13-21(25(29)30)24(28)17-5-4-6-18(26)15-17/h2-13,15,23-24H,14H2,1H3,(H,29,30)/t23-,24-/m0/s1. The molecule has 0 saturated carbocycles. The number of hydrogen-bond donors (Lipinski definition) is 1. The third kappa shape index (κ3) is 4.31. The van der Waals surface area contributed by atoms with Crippen LogP contribution in [0.5, 0.6) is 0 Å². The molecule has 2 atom stereocenters. The highest BCUT2D eigenvalue weighted by molar-refractivity contribution is 7.89. The van der Waals surface area contributed by atoms with Crippen LogP contribution in [0.15, 0.2) is 89.3 Å². The lowest BCUT2D eigenvalue weighted by Gasteiger charge is -2.40. The molecule has 0 saturated heterocycles. The second kappa shape index (κ2) is 8.88. The number of halogens is 2. The van der Waals surface area contributed by atoms with Crippen LogP contribution in [0.4, 0.5) is 8.78 Å². The Hall–Kier alpha value is -3.36. The number of hydrogen-bond acceptors (Lipinski definition) is 3. The summed E-state index contributed by atoms with van der Waals surface area (Å²) in [5, 5.41) is 9.88. The molecule has 0 radical (unpaired) electrons. The number of carboxylic acids is 1. The normalized spacial score (nSPS) is 19.2. The van der Waals surface area contributed by atoms with E-state index < -0.39 is 39.7 Å². The Labute approximate surface area is 190 Å². The number of sulfonamides is 1. The fraction of sp³-hybridized carbons (Fsp3) is 0.160. The molecule has 1 aliphatic heterocycles. The zero-order valence-corrected chi connectivity index (χ0v) is 18.5. The zero-order chi connectivity index (χ0) is 23.8. The van der Waals surface area contributed by atoms with Crippen molar-refractivity contribution in [3.63, 3.8) is 0 Å². The number of aryl methyl sites for hydroxylation is 1. The molecular formula is C25H21F2NO4S. The van der Waals surface area contributed by atoms with Crippen LogP contribution in [0.25, 0.3) is 0 Å². The monoisotopic (exact) mass is 469 g/mol. The first kappa shape index (κ1) is 22.8. The van der Waals surface area contributed by atoms with Crippen LogP contribution in [-0.2, 0) is 14.8 Å². The number of carboxylic acid groups (broad SMARTS) is 1. The van der Waals surface area contributed by atoms with E-state index in [1.54, 1.807) is 25.1 Å². The highest BCUT2D eigenvalue weighted by Gasteiger charge is 2.45. The van der Waals surface area contributed by atoms with Gasteiger partial charge in [-0.15, -0.1) is 0 Å². The summed E-state index contributed by atoms with van der Waals surface area (Å²) in [5.74, 6) is -2.59. The van der Waals surface area contributed by atoms with E-state index in [1.807, 2.05) is 0 Å². The number of benzene rings is 3. The minimum absolute atomic E-state index is 0.0561. The summed E-state index contributed by atoms with van der Waals surface area (Å²) in [5.41, 5.74) is 0.866. The predicted molar refractivity (Wildman–Crippen MR) is 119 cm³/mol. The summed E-state index contributed by atoms with van der Waals surface area (Å²) in [6.07, 6.45) is 1.33. The van der Waals surface area contributed by atoms with Crippen molar-refractivity contribution in [2.75, 3.05) is 0 Å². The average Bonchev–Trinajstić information content (AvgIpc) is 2.78. The molecule has 3 aromatic rings. The van der Waals surface area contributed by atoms with Crippen LogP contribution in [0.2, 0.25) is 0 Å². The van der Waals surface area contributed by atoms with Gasteiger partial charge in [0.1, 0.15) is 11.6 Å². The van der Waals surface area contributed by atoms with Crippen molar-refractivity contribution in [2.45, 2.75) is 30.3 Å². The van der Waals surface area contributed by atoms with Crippen molar-refractivity contribution in [3.05, 3.63) is 113 Å². The van der Waals surface area contributed by atoms with Gasteiger partial charge in [-0.3, -0.25) is 0 Å². The van der Waals surface area contributed by atoms with Crippen molar-refractivity contribution in [3.8, 4) is 0 Å². The molecule has 33 heavy (non-hydrogen) atoms. The largest absolute Gasteiger partial charge is 0.478 e. The van der Waals surface area contributed by atoms with Gasteiger partial charge in [0.15, 0.2) is 0 Å². The topological polar surface area (TPSA) is 74.7 Å². The molecule has 3 aromatic carbocycles. The van der Waals surface area contributed by atoms with E-state index in [0.717, 1.165) is 15.9 Å². The number of aliphatic carboxylic acids is 1. The lowest BCUT2D eigenvalue weighted by Crippen LogP contribution is -2.42. The smallest absolute Gasteiger partial charge is 0.333 e. The van der Waals surface area contributed by atoms with E-state index in [0.29, 0.717) is 0 Å². The minimum atomic E-state index is -4.33. The number of carbonyl (C=O) groups is 1. The molecule has 0 amide bonds. The molecule has 1 aliphatic rings. The molecule has 170 valence electrons. The SMILES string of the molecule is Cc1ccc(S(=O)(=O)N2[C@@H](c3cccc(F)c3)C(C(=O)O)=CC[C@H]2c2ccccc2F)cc1. The molecule has 0 unspecified atom stereocenters. The van der Waals surface area contributed by atoms with Crippen LogP contribution in [0.3, 0.4) is 0 Å². The van der Waals surface area contributed by atoms with Gasteiger partial charge in [0, 0.05) is 5.56 Å². The second-order valence-corrected chi connectivity index (χ2v) is 9.69. The van der Waals surface area contributed by atoms with Gasteiger partial charge in [-0.2, -0.15) is 4.31 Å². The van der Waals surface area contributed by atoms with Gasteiger partial charge < -0.3 is 5.11 Å². The molecule has 8 heteroatoms. The summed E-state index contributed by atoms with van der Waals surface area (Å²) < 4.78 is 57.8. The van der Waals surface area contributed by atoms with Crippen molar-refractivity contribution in [1.82, 2.24) is 4.31 Å². The van der Waals surface area contributed by atoms with Crippen molar-refractivity contribution < 1.29 is 27.1 Å². The summed E-state index contributed by atoms with van der Waals surface area (Å²) in [4.78, 5) is 12.1. The molecule has 1 heterocycles. The van der Waals surface area contributed by atoms with E-state index in [4.69, 9.17) is 0 Å². The molecule has 0 spiro atoms. The van der Waals surface area contributed by atoms with E-state index >= 15 is 0 Å². The minimum Gasteiger partial charge on any atom is -0.478 e. The van der Waals surface area contributed by atoms with Crippen LogP contribution in [0, 0.1) is 18.6 Å². The molecule has 0 bridgehead atoms. The van der Waals surface area contributed by atoms with Crippen LogP contribution < -0.4 is 0 Å². The van der Waals surface area contributed by atoms with Crippen molar-refractivity contribution in [1.29, 1.82) is 0 Å².